The zero-order valence-corrected chi connectivity index (χ0v) is 18.4. The highest BCUT2D eigenvalue weighted by molar-refractivity contribution is 5.90. The van der Waals surface area contributed by atoms with Crippen molar-refractivity contribution in [1.82, 2.24) is 44.5 Å². The second-order valence-corrected chi connectivity index (χ2v) is 8.84. The molecule has 1 fully saturated rings. The minimum Gasteiger partial charge on any atom is -0.411 e. The Kier molecular flexibility index (Phi) is 4.02. The van der Waals surface area contributed by atoms with Crippen LogP contribution >= 0.6 is 0 Å². The van der Waals surface area contributed by atoms with Crippen molar-refractivity contribution in [3.8, 4) is 11.6 Å². The molecule has 1 unspecified atom stereocenters. The summed E-state index contributed by atoms with van der Waals surface area (Å²) in [7, 11) is 1.80. The lowest BCUT2D eigenvalue weighted by molar-refractivity contribution is 0.0646. The number of hydrogen-bond acceptors (Lipinski definition) is 7. The Morgan fingerprint density at radius 3 is 2.91 bits per heavy atom. The van der Waals surface area contributed by atoms with Crippen LogP contribution < -0.4 is 0 Å². The van der Waals surface area contributed by atoms with E-state index in [0.29, 0.717) is 24.6 Å². The SMILES string of the molecule is Cn1ccc(-c2nnc(C(=O)N3CCc4[nH]cnc4C3c3cc4c(C5CC5)cccn4n3)o2)n1. The van der Waals surface area contributed by atoms with Crippen LogP contribution in [0.3, 0.4) is 0 Å². The molecule has 0 aromatic carbocycles. The van der Waals surface area contributed by atoms with Gasteiger partial charge in [0.15, 0.2) is 0 Å². The largest absolute Gasteiger partial charge is 0.411 e. The number of hydrogen-bond donors (Lipinski definition) is 1. The molecule has 1 aliphatic heterocycles. The van der Waals surface area contributed by atoms with Gasteiger partial charge in [-0.3, -0.25) is 9.48 Å². The Morgan fingerprint density at radius 2 is 2.09 bits per heavy atom. The highest BCUT2D eigenvalue weighted by Gasteiger charge is 2.38. The lowest BCUT2D eigenvalue weighted by Gasteiger charge is -2.32. The normalized spacial score (nSPS) is 17.9. The Morgan fingerprint density at radius 1 is 1.18 bits per heavy atom. The van der Waals surface area contributed by atoms with Crippen molar-refractivity contribution in [2.45, 2.75) is 31.2 Å². The molecule has 11 nitrogen and oxygen atoms in total. The van der Waals surface area contributed by atoms with E-state index in [1.165, 1.54) is 18.4 Å². The number of aryl methyl sites for hydroxylation is 1. The lowest BCUT2D eigenvalue weighted by atomic mass is 9.99. The van der Waals surface area contributed by atoms with E-state index < -0.39 is 6.04 Å². The fraction of sp³-hybridized carbons (Fsp3) is 0.304. The maximum atomic E-state index is 13.6. The Hall–Kier alpha value is -4.28. The molecular weight excluding hydrogens is 434 g/mol. The van der Waals surface area contributed by atoms with Gasteiger partial charge in [-0.15, -0.1) is 10.2 Å². The molecule has 7 rings (SSSR count). The first-order valence-electron chi connectivity index (χ1n) is 11.3. The number of carbonyl (C=O) groups is 1. The number of amides is 1. The maximum Gasteiger partial charge on any atom is 0.312 e. The van der Waals surface area contributed by atoms with Crippen LogP contribution in [-0.2, 0) is 13.5 Å². The fourth-order valence-corrected chi connectivity index (χ4v) is 4.79. The van der Waals surface area contributed by atoms with Crippen molar-refractivity contribution in [3.63, 3.8) is 0 Å². The molecule has 1 saturated carbocycles. The quantitative estimate of drug-likeness (QED) is 0.442. The van der Waals surface area contributed by atoms with Crippen molar-refractivity contribution < 1.29 is 9.21 Å². The van der Waals surface area contributed by atoms with Crippen molar-refractivity contribution in [2.75, 3.05) is 6.54 Å². The van der Waals surface area contributed by atoms with E-state index >= 15 is 0 Å². The Bertz CT molecular complexity index is 1540. The molecule has 5 aromatic rings. The molecule has 2 aliphatic rings. The van der Waals surface area contributed by atoms with Crippen LogP contribution in [0.2, 0.25) is 0 Å². The molecule has 170 valence electrons. The van der Waals surface area contributed by atoms with Gasteiger partial charge in [-0.25, -0.2) is 9.50 Å². The predicted molar refractivity (Wildman–Crippen MR) is 119 cm³/mol. The van der Waals surface area contributed by atoms with Crippen molar-refractivity contribution in [1.29, 1.82) is 0 Å². The summed E-state index contributed by atoms with van der Waals surface area (Å²) in [5.74, 6) is 0.362. The van der Waals surface area contributed by atoms with E-state index in [-0.39, 0.29) is 17.7 Å². The van der Waals surface area contributed by atoms with E-state index in [4.69, 9.17) is 9.52 Å². The topological polar surface area (TPSA) is 123 Å². The van der Waals surface area contributed by atoms with Gasteiger partial charge >= 0.3 is 11.8 Å². The van der Waals surface area contributed by atoms with Crippen molar-refractivity contribution >= 4 is 11.4 Å². The number of pyridine rings is 1. The summed E-state index contributed by atoms with van der Waals surface area (Å²) >= 11 is 0. The molecule has 1 atom stereocenters. The minimum atomic E-state index is -0.459. The zero-order valence-electron chi connectivity index (χ0n) is 18.4. The van der Waals surface area contributed by atoms with Gasteiger partial charge in [-0.1, -0.05) is 6.07 Å². The van der Waals surface area contributed by atoms with Crippen LogP contribution in [0.4, 0.5) is 0 Å². The molecular formula is C23H21N9O2. The molecule has 34 heavy (non-hydrogen) atoms. The van der Waals surface area contributed by atoms with Gasteiger partial charge in [-0.2, -0.15) is 10.2 Å². The maximum absolute atomic E-state index is 13.6. The number of imidazole rings is 1. The minimum absolute atomic E-state index is 0.0768. The monoisotopic (exact) mass is 455 g/mol. The van der Waals surface area contributed by atoms with Crippen LogP contribution in [0, 0.1) is 0 Å². The number of aromatic amines is 1. The second-order valence-electron chi connectivity index (χ2n) is 8.84. The zero-order chi connectivity index (χ0) is 22.8. The van der Waals surface area contributed by atoms with Gasteiger partial charge in [0.05, 0.1) is 23.2 Å². The molecule has 1 N–H and O–H groups in total. The van der Waals surface area contributed by atoms with E-state index in [1.54, 1.807) is 35.2 Å². The molecule has 1 amide bonds. The van der Waals surface area contributed by atoms with Crippen molar-refractivity contribution in [3.05, 3.63) is 71.5 Å². The van der Waals surface area contributed by atoms with Crippen LogP contribution in [0.15, 0.2) is 47.4 Å². The van der Waals surface area contributed by atoms with Gasteiger partial charge in [0.2, 0.25) is 0 Å². The van der Waals surface area contributed by atoms with Gasteiger partial charge in [-0.05, 0) is 42.5 Å². The summed E-state index contributed by atoms with van der Waals surface area (Å²) in [6.07, 6.45) is 8.45. The standard InChI is InChI=1S/C23H21N9O2/c1-30-9-6-16(28-30)21-26-27-22(34-21)23(33)31-10-7-15-19(25-12-24-15)20(31)17-11-18-14(13-4-5-13)3-2-8-32(18)29-17/h2-3,6,8-9,11-13,20H,4-5,7,10H2,1H3,(H,24,25). The second kappa shape index (κ2) is 7.11. The first-order valence-corrected chi connectivity index (χ1v) is 11.3. The summed E-state index contributed by atoms with van der Waals surface area (Å²) in [4.78, 5) is 23.1. The third kappa shape index (κ3) is 2.96. The van der Waals surface area contributed by atoms with Crippen LogP contribution in [-0.4, -0.2) is 56.9 Å². The average Bonchev–Trinajstić information content (AvgIpc) is 3.27. The number of carbonyl (C=O) groups excluding carboxylic acids is 1. The van der Waals surface area contributed by atoms with Gasteiger partial charge in [0.25, 0.3) is 5.89 Å². The number of nitrogens with one attached hydrogen (secondary N) is 1. The van der Waals surface area contributed by atoms with E-state index in [2.05, 4.69) is 37.4 Å². The third-order valence-corrected chi connectivity index (χ3v) is 6.58. The van der Waals surface area contributed by atoms with Crippen LogP contribution in [0.25, 0.3) is 17.1 Å². The van der Waals surface area contributed by atoms with Gasteiger partial charge in [0.1, 0.15) is 11.7 Å². The van der Waals surface area contributed by atoms with E-state index in [1.807, 2.05) is 16.8 Å². The molecule has 5 aromatic heterocycles. The first kappa shape index (κ1) is 19.2. The number of rotatable bonds is 4. The number of fused-ring (bicyclic) bond motifs is 2. The Labute approximate surface area is 193 Å². The van der Waals surface area contributed by atoms with E-state index in [9.17, 15) is 4.79 Å². The van der Waals surface area contributed by atoms with Crippen LogP contribution in [0.5, 0.6) is 0 Å². The molecule has 0 bridgehead atoms. The summed E-state index contributed by atoms with van der Waals surface area (Å²) in [5.41, 5.74) is 5.46. The van der Waals surface area contributed by atoms with Crippen LogP contribution in [0.1, 0.15) is 58.1 Å². The highest BCUT2D eigenvalue weighted by atomic mass is 16.4. The molecule has 6 heterocycles. The number of nitrogens with zero attached hydrogens (tertiary/aromatic N) is 8. The van der Waals surface area contributed by atoms with Crippen molar-refractivity contribution in [2.24, 2.45) is 7.05 Å². The molecule has 1 aliphatic carbocycles. The summed E-state index contributed by atoms with van der Waals surface area (Å²) in [5, 5.41) is 17.2. The first-order chi connectivity index (χ1) is 16.7. The smallest absolute Gasteiger partial charge is 0.312 e. The van der Waals surface area contributed by atoms with Gasteiger partial charge < -0.3 is 14.3 Å². The molecule has 0 spiro atoms. The Balaban J connectivity index is 1.29. The molecule has 0 saturated heterocycles. The highest BCUT2D eigenvalue weighted by Crippen LogP contribution is 2.43. The third-order valence-electron chi connectivity index (χ3n) is 6.58. The molecule has 11 heteroatoms. The van der Waals surface area contributed by atoms with Gasteiger partial charge in [0, 0.05) is 38.1 Å². The summed E-state index contributed by atoms with van der Waals surface area (Å²) in [6.45, 7) is 0.476. The average molecular weight is 455 g/mol. The summed E-state index contributed by atoms with van der Waals surface area (Å²) < 4.78 is 9.27. The predicted octanol–water partition coefficient (Wildman–Crippen LogP) is 2.51. The number of H-pyrrole nitrogens is 1. The lowest BCUT2D eigenvalue weighted by Crippen LogP contribution is -2.41. The van der Waals surface area contributed by atoms with E-state index in [0.717, 1.165) is 22.6 Å². The summed E-state index contributed by atoms with van der Waals surface area (Å²) in [6, 6.07) is 7.57. The number of aromatic nitrogens is 8. The molecule has 0 radical (unpaired) electrons. The fourth-order valence-electron chi connectivity index (χ4n) is 4.79.